The third-order valence-corrected chi connectivity index (χ3v) is 9.52. The van der Waals surface area contributed by atoms with Crippen molar-refractivity contribution in [3.8, 4) is 0 Å². The first-order valence-electron chi connectivity index (χ1n) is 22.5. The summed E-state index contributed by atoms with van der Waals surface area (Å²) in [5, 5.41) is 9.61. The first-order chi connectivity index (χ1) is 26.2. The van der Waals surface area contributed by atoms with E-state index >= 15 is 0 Å². The van der Waals surface area contributed by atoms with Gasteiger partial charge in [0.25, 0.3) is 0 Å². The predicted octanol–water partition coefficient (Wildman–Crippen LogP) is 15.0. The molecule has 0 spiro atoms. The van der Waals surface area contributed by atoms with Crippen molar-refractivity contribution in [2.24, 2.45) is 0 Å². The van der Waals surface area contributed by atoms with Gasteiger partial charge in [-0.1, -0.05) is 189 Å². The standard InChI is InChI=1S/C49H86O4/c1-3-5-7-9-11-13-15-17-19-21-23-24-25-27-29-31-33-35-37-39-41-43-45-52-47-48(46-50)53-49(51)44-42-40-38-36-34-32-30-28-26-22-20-18-16-14-12-10-8-6-4-2/h6,8,12,14,18,20-21,23,26,28,32,34,48,50H,3-5,7,9-11,13,15-17,19,22,24-25,27,29-31,33,35-47H2,1-2H3/b8-6-,14-12-,20-18-,23-21-,28-26-,34-32-. The third-order valence-electron chi connectivity index (χ3n) is 9.52. The normalized spacial score (nSPS) is 13.0. The lowest BCUT2D eigenvalue weighted by atomic mass is 10.1. The number of aliphatic hydroxyl groups excluding tert-OH is 1. The summed E-state index contributed by atoms with van der Waals surface area (Å²) in [7, 11) is 0. The Morgan fingerprint density at radius 3 is 1.30 bits per heavy atom. The lowest BCUT2D eigenvalue weighted by molar-refractivity contribution is -0.154. The topological polar surface area (TPSA) is 55.8 Å². The molecule has 0 aromatic rings. The monoisotopic (exact) mass is 739 g/mol. The summed E-state index contributed by atoms with van der Waals surface area (Å²) in [6, 6.07) is 0. The van der Waals surface area contributed by atoms with E-state index in [1.165, 1.54) is 122 Å². The molecule has 0 rings (SSSR count). The minimum absolute atomic E-state index is 0.189. The van der Waals surface area contributed by atoms with Crippen LogP contribution in [0, 0.1) is 0 Å². The Morgan fingerprint density at radius 1 is 0.472 bits per heavy atom. The maximum atomic E-state index is 12.2. The van der Waals surface area contributed by atoms with Crippen LogP contribution in [0.5, 0.6) is 0 Å². The van der Waals surface area contributed by atoms with Crippen molar-refractivity contribution in [2.75, 3.05) is 19.8 Å². The average molecular weight is 739 g/mol. The molecule has 0 bridgehead atoms. The van der Waals surface area contributed by atoms with E-state index in [1.54, 1.807) is 0 Å². The van der Waals surface area contributed by atoms with Crippen molar-refractivity contribution in [3.05, 3.63) is 72.9 Å². The van der Waals surface area contributed by atoms with Crippen LogP contribution in [0.2, 0.25) is 0 Å². The molecule has 0 aliphatic heterocycles. The maximum absolute atomic E-state index is 12.2. The number of rotatable bonds is 41. The summed E-state index contributed by atoms with van der Waals surface area (Å²) < 4.78 is 11.2. The van der Waals surface area contributed by atoms with E-state index in [0.717, 1.165) is 64.2 Å². The number of hydrogen-bond donors (Lipinski definition) is 1. The summed E-state index contributed by atoms with van der Waals surface area (Å²) in [6.07, 6.45) is 62.6. The Hall–Kier alpha value is -2.17. The van der Waals surface area contributed by atoms with Crippen molar-refractivity contribution in [1.29, 1.82) is 0 Å². The van der Waals surface area contributed by atoms with Gasteiger partial charge in [0.05, 0.1) is 13.2 Å². The van der Waals surface area contributed by atoms with E-state index in [2.05, 4.69) is 86.8 Å². The van der Waals surface area contributed by atoms with Crippen LogP contribution >= 0.6 is 0 Å². The van der Waals surface area contributed by atoms with Crippen molar-refractivity contribution in [1.82, 2.24) is 0 Å². The Bertz CT molecular complexity index is 911. The van der Waals surface area contributed by atoms with Gasteiger partial charge in [0.2, 0.25) is 0 Å². The van der Waals surface area contributed by atoms with Gasteiger partial charge in [-0.05, 0) is 83.5 Å². The molecule has 0 aliphatic rings. The maximum Gasteiger partial charge on any atom is 0.306 e. The summed E-state index contributed by atoms with van der Waals surface area (Å²) in [5.74, 6) is -0.233. The van der Waals surface area contributed by atoms with Gasteiger partial charge in [-0.2, -0.15) is 0 Å². The fraction of sp³-hybridized carbons (Fsp3) is 0.735. The molecule has 0 fully saturated rings. The van der Waals surface area contributed by atoms with Crippen LogP contribution in [0.25, 0.3) is 0 Å². The second-order valence-electron chi connectivity index (χ2n) is 14.7. The summed E-state index contributed by atoms with van der Waals surface area (Å²) in [4.78, 5) is 12.2. The molecular weight excluding hydrogens is 653 g/mol. The van der Waals surface area contributed by atoms with Gasteiger partial charge in [-0.15, -0.1) is 0 Å². The molecule has 0 aliphatic carbocycles. The first-order valence-corrected chi connectivity index (χ1v) is 22.5. The van der Waals surface area contributed by atoms with Crippen LogP contribution in [0.1, 0.15) is 206 Å². The Balaban J connectivity index is 3.49. The van der Waals surface area contributed by atoms with Crippen LogP contribution in [-0.2, 0) is 14.3 Å². The van der Waals surface area contributed by atoms with E-state index in [9.17, 15) is 9.90 Å². The number of esters is 1. The quantitative estimate of drug-likeness (QED) is 0.0385. The summed E-state index contributed by atoms with van der Waals surface area (Å²) >= 11 is 0. The Morgan fingerprint density at radius 2 is 0.849 bits per heavy atom. The fourth-order valence-electron chi connectivity index (χ4n) is 6.17. The highest BCUT2D eigenvalue weighted by atomic mass is 16.6. The smallest absolute Gasteiger partial charge is 0.306 e. The van der Waals surface area contributed by atoms with Crippen molar-refractivity contribution in [3.63, 3.8) is 0 Å². The fourth-order valence-corrected chi connectivity index (χ4v) is 6.17. The number of allylic oxidation sites excluding steroid dienone is 12. The molecule has 1 unspecified atom stereocenters. The van der Waals surface area contributed by atoms with Gasteiger partial charge in [0.15, 0.2) is 0 Å². The first kappa shape index (κ1) is 50.8. The lowest BCUT2D eigenvalue weighted by Crippen LogP contribution is -2.27. The molecule has 0 aromatic carbocycles. The molecule has 1 N–H and O–H groups in total. The highest BCUT2D eigenvalue weighted by Crippen LogP contribution is 2.13. The lowest BCUT2D eigenvalue weighted by Gasteiger charge is -2.15. The summed E-state index contributed by atoms with van der Waals surface area (Å²) in [6.45, 7) is 5.20. The molecule has 0 radical (unpaired) electrons. The Labute approximate surface area is 329 Å². The zero-order valence-electron chi connectivity index (χ0n) is 35.0. The number of aliphatic hydroxyl groups is 1. The van der Waals surface area contributed by atoms with Gasteiger partial charge in [-0.25, -0.2) is 0 Å². The van der Waals surface area contributed by atoms with Crippen LogP contribution in [0.15, 0.2) is 72.9 Å². The van der Waals surface area contributed by atoms with Crippen LogP contribution < -0.4 is 0 Å². The molecule has 0 amide bonds. The molecule has 0 saturated heterocycles. The van der Waals surface area contributed by atoms with Gasteiger partial charge < -0.3 is 14.6 Å². The van der Waals surface area contributed by atoms with Crippen molar-refractivity contribution in [2.45, 2.75) is 213 Å². The Kier molecular flexibility index (Phi) is 44.1. The number of carbonyl (C=O) groups is 1. The second-order valence-corrected chi connectivity index (χ2v) is 14.7. The summed E-state index contributed by atoms with van der Waals surface area (Å²) in [5.41, 5.74) is 0. The number of hydrogen-bond acceptors (Lipinski definition) is 4. The highest BCUT2D eigenvalue weighted by Gasteiger charge is 2.13. The van der Waals surface area contributed by atoms with Crippen molar-refractivity contribution >= 4 is 5.97 Å². The molecule has 306 valence electrons. The van der Waals surface area contributed by atoms with Gasteiger partial charge >= 0.3 is 5.97 Å². The van der Waals surface area contributed by atoms with E-state index in [1.807, 2.05) is 0 Å². The average Bonchev–Trinajstić information content (AvgIpc) is 3.16. The minimum atomic E-state index is -0.556. The van der Waals surface area contributed by atoms with E-state index in [0.29, 0.717) is 13.0 Å². The van der Waals surface area contributed by atoms with Gasteiger partial charge in [-0.3, -0.25) is 4.79 Å². The number of ether oxygens (including phenoxy) is 2. The SMILES string of the molecule is CC/C=C\C/C=C\C/C=C\C/C=C\C/C=C\CCCCCC(=O)OC(CO)COCCCCCCCCCCCC/C=C\CCCCCCCCCC. The van der Waals surface area contributed by atoms with E-state index in [4.69, 9.17) is 9.47 Å². The van der Waals surface area contributed by atoms with Crippen molar-refractivity contribution < 1.29 is 19.4 Å². The van der Waals surface area contributed by atoms with Crippen LogP contribution in [0.4, 0.5) is 0 Å². The van der Waals surface area contributed by atoms with Gasteiger partial charge in [0, 0.05) is 13.0 Å². The second kappa shape index (κ2) is 46.0. The van der Waals surface area contributed by atoms with Crippen LogP contribution in [-0.4, -0.2) is 37.0 Å². The molecule has 0 aromatic heterocycles. The molecule has 4 heteroatoms. The van der Waals surface area contributed by atoms with E-state index < -0.39 is 6.10 Å². The van der Waals surface area contributed by atoms with E-state index in [-0.39, 0.29) is 19.2 Å². The van der Waals surface area contributed by atoms with Crippen LogP contribution in [0.3, 0.4) is 0 Å². The van der Waals surface area contributed by atoms with Gasteiger partial charge in [0.1, 0.15) is 6.10 Å². The zero-order chi connectivity index (χ0) is 38.4. The number of unbranched alkanes of at least 4 members (excludes halogenated alkanes) is 21. The zero-order valence-corrected chi connectivity index (χ0v) is 35.0. The highest BCUT2D eigenvalue weighted by molar-refractivity contribution is 5.69. The molecule has 0 saturated carbocycles. The third kappa shape index (κ3) is 44.1. The molecule has 4 nitrogen and oxygen atoms in total. The molecule has 53 heavy (non-hydrogen) atoms. The number of carbonyl (C=O) groups excluding carboxylic acids is 1. The molecular formula is C49H86O4. The predicted molar refractivity (Wildman–Crippen MR) is 232 cm³/mol. The molecule has 1 atom stereocenters. The largest absolute Gasteiger partial charge is 0.457 e. The minimum Gasteiger partial charge on any atom is -0.457 e. The molecule has 0 heterocycles.